The topological polar surface area (TPSA) is 72.2 Å². The van der Waals surface area contributed by atoms with Crippen molar-refractivity contribution < 1.29 is 14.7 Å². The molecule has 5 nitrogen and oxygen atoms in total. The van der Waals surface area contributed by atoms with Crippen LogP contribution in [0.1, 0.15) is 30.4 Å². The minimum absolute atomic E-state index is 0.0844. The van der Waals surface area contributed by atoms with Crippen LogP contribution in [0, 0.1) is 0 Å². The standard InChI is InChI=1S/C13H14N2O3/c1-9(16)15-11-6-3-2-5-10(11)14-12(15)7-4-8-13(17)18/h2-3,5-6H,4,7-8H2,1H3,(H,17,18). The molecule has 1 heterocycles. The van der Waals surface area contributed by atoms with Crippen molar-refractivity contribution in [1.82, 2.24) is 9.55 Å². The second-order valence-corrected chi connectivity index (χ2v) is 4.12. The largest absolute Gasteiger partial charge is 0.481 e. The van der Waals surface area contributed by atoms with E-state index in [0.29, 0.717) is 18.7 Å². The van der Waals surface area contributed by atoms with Gasteiger partial charge in [0.05, 0.1) is 11.0 Å². The number of hydrogen-bond acceptors (Lipinski definition) is 3. The maximum absolute atomic E-state index is 11.6. The van der Waals surface area contributed by atoms with Gasteiger partial charge in [-0.25, -0.2) is 4.98 Å². The summed E-state index contributed by atoms with van der Waals surface area (Å²) >= 11 is 0. The summed E-state index contributed by atoms with van der Waals surface area (Å²) < 4.78 is 1.55. The van der Waals surface area contributed by atoms with Crippen LogP contribution in [0.15, 0.2) is 24.3 Å². The Labute approximate surface area is 104 Å². The quantitative estimate of drug-likeness (QED) is 0.896. The molecule has 0 amide bonds. The number of hydrogen-bond donors (Lipinski definition) is 1. The minimum atomic E-state index is -0.833. The van der Waals surface area contributed by atoms with Crippen molar-refractivity contribution in [2.24, 2.45) is 0 Å². The van der Waals surface area contributed by atoms with E-state index >= 15 is 0 Å². The van der Waals surface area contributed by atoms with E-state index in [1.807, 2.05) is 24.3 Å². The van der Waals surface area contributed by atoms with Crippen molar-refractivity contribution in [3.63, 3.8) is 0 Å². The highest BCUT2D eigenvalue weighted by molar-refractivity contribution is 5.89. The van der Waals surface area contributed by atoms with Crippen molar-refractivity contribution in [1.29, 1.82) is 0 Å². The van der Waals surface area contributed by atoms with Gasteiger partial charge in [-0.1, -0.05) is 12.1 Å². The first-order chi connectivity index (χ1) is 8.59. The molecule has 0 saturated carbocycles. The molecule has 1 aromatic carbocycles. The van der Waals surface area contributed by atoms with Gasteiger partial charge < -0.3 is 5.11 Å². The van der Waals surface area contributed by atoms with Crippen LogP contribution in [0.3, 0.4) is 0 Å². The third-order valence-electron chi connectivity index (χ3n) is 2.74. The van der Waals surface area contributed by atoms with E-state index in [1.54, 1.807) is 4.57 Å². The number of rotatable bonds is 4. The molecule has 0 atom stereocenters. The third kappa shape index (κ3) is 2.40. The summed E-state index contributed by atoms with van der Waals surface area (Å²) in [6.45, 7) is 1.48. The predicted molar refractivity (Wildman–Crippen MR) is 66.6 cm³/mol. The fourth-order valence-electron chi connectivity index (χ4n) is 1.99. The Bertz CT molecular complexity index is 601. The Hall–Kier alpha value is -2.17. The van der Waals surface area contributed by atoms with Crippen molar-refractivity contribution in [3.8, 4) is 0 Å². The number of benzene rings is 1. The van der Waals surface area contributed by atoms with Gasteiger partial charge in [-0.3, -0.25) is 14.2 Å². The first-order valence-corrected chi connectivity index (χ1v) is 5.78. The number of carboxylic acid groups (broad SMARTS) is 1. The number of aryl methyl sites for hydroxylation is 1. The second-order valence-electron chi connectivity index (χ2n) is 4.12. The number of imidazole rings is 1. The minimum Gasteiger partial charge on any atom is -0.481 e. The van der Waals surface area contributed by atoms with Gasteiger partial charge in [-0.15, -0.1) is 0 Å². The van der Waals surface area contributed by atoms with E-state index in [9.17, 15) is 9.59 Å². The van der Waals surface area contributed by atoms with Gasteiger partial charge in [0.2, 0.25) is 5.91 Å². The van der Waals surface area contributed by atoms with Crippen molar-refractivity contribution in [2.45, 2.75) is 26.2 Å². The fourth-order valence-corrected chi connectivity index (χ4v) is 1.99. The monoisotopic (exact) mass is 246 g/mol. The summed E-state index contributed by atoms with van der Waals surface area (Å²) in [5, 5.41) is 8.62. The number of carbonyl (C=O) groups is 2. The number of aromatic nitrogens is 2. The molecule has 0 saturated heterocycles. The number of fused-ring (bicyclic) bond motifs is 1. The highest BCUT2D eigenvalue weighted by Gasteiger charge is 2.13. The molecular formula is C13H14N2O3. The Balaban J connectivity index is 2.34. The number of carboxylic acids is 1. The van der Waals surface area contributed by atoms with Gasteiger partial charge >= 0.3 is 5.97 Å². The van der Waals surface area contributed by atoms with Crippen LogP contribution in [-0.4, -0.2) is 26.5 Å². The lowest BCUT2D eigenvalue weighted by Gasteiger charge is -2.03. The zero-order valence-electron chi connectivity index (χ0n) is 10.1. The van der Waals surface area contributed by atoms with E-state index in [0.717, 1.165) is 11.0 Å². The molecule has 2 rings (SSSR count). The highest BCUT2D eigenvalue weighted by Crippen LogP contribution is 2.17. The molecule has 0 unspecified atom stereocenters. The van der Waals surface area contributed by atoms with Gasteiger partial charge in [-0.05, 0) is 18.6 Å². The van der Waals surface area contributed by atoms with Crippen LogP contribution < -0.4 is 0 Å². The van der Waals surface area contributed by atoms with E-state index in [4.69, 9.17) is 5.11 Å². The number of aliphatic carboxylic acids is 1. The maximum atomic E-state index is 11.6. The van der Waals surface area contributed by atoms with Gasteiger partial charge in [0.1, 0.15) is 5.82 Å². The average molecular weight is 246 g/mol. The molecule has 0 aliphatic rings. The lowest BCUT2D eigenvalue weighted by atomic mass is 10.2. The molecule has 0 aliphatic heterocycles. The summed E-state index contributed by atoms with van der Waals surface area (Å²) in [6.07, 6.45) is 1.05. The van der Waals surface area contributed by atoms with E-state index in [2.05, 4.69) is 4.98 Å². The summed E-state index contributed by atoms with van der Waals surface area (Å²) in [5.74, 6) is -0.306. The zero-order chi connectivity index (χ0) is 13.1. The summed E-state index contributed by atoms with van der Waals surface area (Å²) in [5.41, 5.74) is 1.54. The molecule has 1 N–H and O–H groups in total. The predicted octanol–water partition coefficient (Wildman–Crippen LogP) is 2.10. The Morgan fingerprint density at radius 3 is 2.72 bits per heavy atom. The van der Waals surface area contributed by atoms with Crippen molar-refractivity contribution >= 4 is 22.9 Å². The van der Waals surface area contributed by atoms with Crippen LogP contribution in [0.5, 0.6) is 0 Å². The van der Waals surface area contributed by atoms with Crippen LogP contribution in [0.2, 0.25) is 0 Å². The molecule has 0 radical (unpaired) electrons. The number of carbonyl (C=O) groups excluding carboxylic acids is 1. The lowest BCUT2D eigenvalue weighted by Crippen LogP contribution is -2.10. The zero-order valence-corrected chi connectivity index (χ0v) is 10.1. The SMILES string of the molecule is CC(=O)n1c(CCCC(=O)O)nc2ccccc21. The smallest absolute Gasteiger partial charge is 0.303 e. The van der Waals surface area contributed by atoms with E-state index in [-0.39, 0.29) is 12.3 Å². The molecule has 0 fully saturated rings. The van der Waals surface area contributed by atoms with Crippen LogP contribution in [-0.2, 0) is 11.2 Å². The number of nitrogens with zero attached hydrogens (tertiary/aromatic N) is 2. The molecule has 2 aromatic rings. The first-order valence-electron chi connectivity index (χ1n) is 5.78. The van der Waals surface area contributed by atoms with E-state index in [1.165, 1.54) is 6.92 Å². The second kappa shape index (κ2) is 5.00. The van der Waals surface area contributed by atoms with Gasteiger partial charge in [0, 0.05) is 19.8 Å². The van der Waals surface area contributed by atoms with Gasteiger partial charge in [0.15, 0.2) is 0 Å². The van der Waals surface area contributed by atoms with Gasteiger partial charge in [0.25, 0.3) is 0 Å². The molecular weight excluding hydrogens is 232 g/mol. The number of para-hydroxylation sites is 2. The fraction of sp³-hybridized carbons (Fsp3) is 0.308. The summed E-state index contributed by atoms with van der Waals surface area (Å²) in [6, 6.07) is 7.39. The van der Waals surface area contributed by atoms with Gasteiger partial charge in [-0.2, -0.15) is 0 Å². The molecule has 0 aliphatic carbocycles. The molecule has 5 heteroatoms. The van der Waals surface area contributed by atoms with Crippen LogP contribution in [0.25, 0.3) is 11.0 Å². The summed E-state index contributed by atoms with van der Waals surface area (Å²) in [4.78, 5) is 26.5. The Morgan fingerprint density at radius 1 is 1.33 bits per heavy atom. The first kappa shape index (κ1) is 12.3. The Kier molecular flexibility index (Phi) is 3.41. The molecule has 94 valence electrons. The average Bonchev–Trinajstić information content (AvgIpc) is 2.66. The third-order valence-corrected chi connectivity index (χ3v) is 2.74. The maximum Gasteiger partial charge on any atom is 0.303 e. The Morgan fingerprint density at radius 2 is 2.06 bits per heavy atom. The molecule has 18 heavy (non-hydrogen) atoms. The van der Waals surface area contributed by atoms with Crippen molar-refractivity contribution in [2.75, 3.05) is 0 Å². The molecule has 0 spiro atoms. The molecule has 1 aromatic heterocycles. The molecule has 0 bridgehead atoms. The van der Waals surface area contributed by atoms with E-state index < -0.39 is 5.97 Å². The normalized spacial score (nSPS) is 10.7. The van der Waals surface area contributed by atoms with Crippen LogP contribution in [0.4, 0.5) is 0 Å². The highest BCUT2D eigenvalue weighted by atomic mass is 16.4. The lowest BCUT2D eigenvalue weighted by molar-refractivity contribution is -0.137. The van der Waals surface area contributed by atoms with Crippen LogP contribution >= 0.6 is 0 Å². The van der Waals surface area contributed by atoms with Crippen molar-refractivity contribution in [3.05, 3.63) is 30.1 Å². The summed E-state index contributed by atoms with van der Waals surface area (Å²) in [7, 11) is 0.